The summed E-state index contributed by atoms with van der Waals surface area (Å²) >= 11 is 1.50. The highest BCUT2D eigenvalue weighted by Crippen LogP contribution is 2.09. The second-order valence-electron chi connectivity index (χ2n) is 9.23. The van der Waals surface area contributed by atoms with Crippen LogP contribution in [0, 0.1) is 5.92 Å². The van der Waals surface area contributed by atoms with Gasteiger partial charge in [0.25, 0.3) is 0 Å². The summed E-state index contributed by atoms with van der Waals surface area (Å²) in [7, 11) is 0. The van der Waals surface area contributed by atoms with Crippen LogP contribution >= 0.6 is 11.8 Å². The Morgan fingerprint density at radius 3 is 2.00 bits per heavy atom. The van der Waals surface area contributed by atoms with E-state index in [2.05, 4.69) is 16.0 Å². The molecule has 1 aromatic carbocycles. The third-order valence-electron chi connectivity index (χ3n) is 5.52. The number of carboxylic acids is 1. The molecule has 0 fully saturated rings. The molecule has 0 aliphatic carbocycles. The predicted molar refractivity (Wildman–Crippen MR) is 142 cm³/mol. The second-order valence-corrected chi connectivity index (χ2v) is 10.2. The summed E-state index contributed by atoms with van der Waals surface area (Å²) in [6.45, 7) is 3.87. The van der Waals surface area contributed by atoms with Crippen molar-refractivity contribution in [1.29, 1.82) is 0 Å². The maximum atomic E-state index is 13.2. The summed E-state index contributed by atoms with van der Waals surface area (Å²) in [5.41, 5.74) is 11.8. The van der Waals surface area contributed by atoms with Gasteiger partial charge in [-0.15, -0.1) is 0 Å². The number of nitrogens with one attached hydrogen (secondary N) is 3. The van der Waals surface area contributed by atoms with Crippen molar-refractivity contribution in [2.45, 2.75) is 70.1 Å². The molecular weight excluding hydrogens is 498 g/mol. The third kappa shape index (κ3) is 12.6. The van der Waals surface area contributed by atoms with Crippen LogP contribution < -0.4 is 27.4 Å². The molecule has 0 saturated carbocycles. The third-order valence-corrected chi connectivity index (χ3v) is 6.16. The largest absolute Gasteiger partial charge is 0.480 e. The number of thioether (sulfide) groups is 1. The quantitative estimate of drug-likeness (QED) is 0.162. The van der Waals surface area contributed by atoms with Crippen LogP contribution in [-0.4, -0.2) is 70.9 Å². The van der Waals surface area contributed by atoms with E-state index in [4.69, 9.17) is 11.5 Å². The monoisotopic (exact) mass is 537 g/mol. The van der Waals surface area contributed by atoms with Crippen LogP contribution in [0.15, 0.2) is 30.3 Å². The smallest absolute Gasteiger partial charge is 0.326 e. The van der Waals surface area contributed by atoms with Crippen molar-refractivity contribution in [2.24, 2.45) is 17.4 Å². The standard InChI is InChI=1S/C25H39N5O6S/c1-15(2)13-17(26)22(32)28-18(11-12-37-3)23(33)30-20(14-16-7-5-4-6-8-16)24(34)29-19(25(35)36)9-10-21(27)31/h4-8,15,17-20H,9-14,26H2,1-3H3,(H2,27,31)(H,28,32)(H,29,34)(H,30,33)(H,35,36). The highest BCUT2D eigenvalue weighted by Gasteiger charge is 2.30. The predicted octanol–water partition coefficient (Wildman–Crippen LogP) is 0.160. The van der Waals surface area contributed by atoms with Gasteiger partial charge in [-0.3, -0.25) is 19.2 Å². The number of carboxylic acid groups (broad SMARTS) is 1. The molecule has 37 heavy (non-hydrogen) atoms. The number of primary amides is 1. The van der Waals surface area contributed by atoms with E-state index in [9.17, 15) is 29.1 Å². The molecule has 0 saturated heterocycles. The summed E-state index contributed by atoms with van der Waals surface area (Å²) in [5, 5.41) is 17.2. The first-order chi connectivity index (χ1) is 17.4. The Labute approximate surface area is 221 Å². The van der Waals surface area contributed by atoms with Gasteiger partial charge in [0.2, 0.25) is 23.6 Å². The Morgan fingerprint density at radius 2 is 1.46 bits per heavy atom. The first kappa shape index (κ1) is 31.9. The molecule has 0 aliphatic rings. The lowest BCUT2D eigenvalue weighted by Gasteiger charge is -2.25. The van der Waals surface area contributed by atoms with Crippen molar-refractivity contribution in [3.8, 4) is 0 Å². The number of rotatable bonds is 17. The highest BCUT2D eigenvalue weighted by atomic mass is 32.2. The number of hydrogen-bond acceptors (Lipinski definition) is 7. The van der Waals surface area contributed by atoms with E-state index >= 15 is 0 Å². The van der Waals surface area contributed by atoms with Crippen molar-refractivity contribution in [3.63, 3.8) is 0 Å². The fourth-order valence-electron chi connectivity index (χ4n) is 3.55. The summed E-state index contributed by atoms with van der Waals surface area (Å²) in [6.07, 6.45) is 2.28. The van der Waals surface area contributed by atoms with Gasteiger partial charge in [-0.05, 0) is 42.8 Å². The van der Waals surface area contributed by atoms with Gasteiger partial charge in [-0.2, -0.15) is 11.8 Å². The zero-order valence-electron chi connectivity index (χ0n) is 21.6. The van der Waals surface area contributed by atoms with Crippen molar-refractivity contribution < 1.29 is 29.1 Å². The van der Waals surface area contributed by atoms with Gasteiger partial charge in [-0.25, -0.2) is 4.79 Å². The van der Waals surface area contributed by atoms with E-state index < -0.39 is 53.8 Å². The van der Waals surface area contributed by atoms with E-state index in [1.165, 1.54) is 11.8 Å². The Kier molecular flexibility index (Phi) is 14.3. The minimum absolute atomic E-state index is 0.0800. The molecule has 0 radical (unpaired) electrons. The van der Waals surface area contributed by atoms with Crippen molar-refractivity contribution in [3.05, 3.63) is 35.9 Å². The molecule has 0 spiro atoms. The van der Waals surface area contributed by atoms with Crippen LogP contribution in [0.3, 0.4) is 0 Å². The molecule has 4 amide bonds. The number of carbonyl (C=O) groups excluding carboxylic acids is 4. The number of aliphatic carboxylic acids is 1. The fraction of sp³-hybridized carbons (Fsp3) is 0.560. The van der Waals surface area contributed by atoms with Gasteiger partial charge in [0.15, 0.2) is 0 Å². The fourth-order valence-corrected chi connectivity index (χ4v) is 4.02. The highest BCUT2D eigenvalue weighted by molar-refractivity contribution is 7.98. The van der Waals surface area contributed by atoms with E-state index in [0.717, 1.165) is 5.56 Å². The van der Waals surface area contributed by atoms with Crippen LogP contribution in [0.4, 0.5) is 0 Å². The van der Waals surface area contributed by atoms with Crippen LogP contribution in [0.2, 0.25) is 0 Å². The molecule has 0 aliphatic heterocycles. The van der Waals surface area contributed by atoms with E-state index in [-0.39, 0.29) is 25.2 Å². The molecule has 4 unspecified atom stereocenters. The summed E-state index contributed by atoms with van der Waals surface area (Å²) in [6, 6.07) is 4.67. The zero-order chi connectivity index (χ0) is 28.0. The maximum Gasteiger partial charge on any atom is 0.326 e. The molecule has 206 valence electrons. The lowest BCUT2D eigenvalue weighted by atomic mass is 10.0. The summed E-state index contributed by atoms with van der Waals surface area (Å²) in [5.74, 6) is -3.05. The number of amides is 4. The van der Waals surface area contributed by atoms with Crippen LogP contribution in [0.25, 0.3) is 0 Å². The Hall–Kier alpha value is -3.12. The van der Waals surface area contributed by atoms with E-state index in [0.29, 0.717) is 18.6 Å². The average molecular weight is 538 g/mol. The van der Waals surface area contributed by atoms with Crippen LogP contribution in [-0.2, 0) is 30.4 Å². The molecule has 0 bridgehead atoms. The zero-order valence-corrected chi connectivity index (χ0v) is 22.4. The minimum atomic E-state index is -1.36. The van der Waals surface area contributed by atoms with Crippen molar-refractivity contribution >= 4 is 41.4 Å². The molecule has 1 rings (SSSR count). The average Bonchev–Trinajstić information content (AvgIpc) is 2.83. The molecule has 1 aromatic rings. The summed E-state index contributed by atoms with van der Waals surface area (Å²) < 4.78 is 0. The van der Waals surface area contributed by atoms with Crippen LogP contribution in [0.5, 0.6) is 0 Å². The van der Waals surface area contributed by atoms with Crippen LogP contribution in [0.1, 0.15) is 45.1 Å². The second kappa shape index (κ2) is 16.6. The van der Waals surface area contributed by atoms with Gasteiger partial charge in [-0.1, -0.05) is 44.2 Å². The Bertz CT molecular complexity index is 914. The lowest BCUT2D eigenvalue weighted by Crippen LogP contribution is -2.57. The van der Waals surface area contributed by atoms with Crippen molar-refractivity contribution in [2.75, 3.05) is 12.0 Å². The van der Waals surface area contributed by atoms with E-state index in [1.54, 1.807) is 30.3 Å². The SMILES string of the molecule is CSCCC(NC(=O)C(N)CC(C)C)C(=O)NC(Cc1ccccc1)C(=O)NC(CCC(N)=O)C(=O)O. The molecule has 11 nitrogen and oxygen atoms in total. The summed E-state index contributed by atoms with van der Waals surface area (Å²) in [4.78, 5) is 61.7. The molecule has 0 heterocycles. The first-order valence-electron chi connectivity index (χ1n) is 12.1. The molecular formula is C25H39N5O6S. The van der Waals surface area contributed by atoms with Gasteiger partial charge in [0.1, 0.15) is 18.1 Å². The molecule has 0 aromatic heterocycles. The molecule has 4 atom stereocenters. The van der Waals surface area contributed by atoms with Crippen molar-refractivity contribution in [1.82, 2.24) is 16.0 Å². The number of hydrogen-bond donors (Lipinski definition) is 6. The number of benzene rings is 1. The Morgan fingerprint density at radius 1 is 0.892 bits per heavy atom. The molecule has 12 heteroatoms. The molecule has 8 N–H and O–H groups in total. The first-order valence-corrected chi connectivity index (χ1v) is 13.5. The Balaban J connectivity index is 3.09. The van der Waals surface area contributed by atoms with Gasteiger partial charge >= 0.3 is 5.97 Å². The minimum Gasteiger partial charge on any atom is -0.480 e. The topological polar surface area (TPSA) is 194 Å². The number of carbonyl (C=O) groups is 5. The van der Waals surface area contributed by atoms with Gasteiger partial charge in [0.05, 0.1) is 6.04 Å². The van der Waals surface area contributed by atoms with E-state index in [1.807, 2.05) is 20.1 Å². The number of nitrogens with two attached hydrogens (primary N) is 2. The maximum absolute atomic E-state index is 13.2. The normalized spacial score (nSPS) is 14.2. The lowest BCUT2D eigenvalue weighted by molar-refractivity contribution is -0.142. The van der Waals surface area contributed by atoms with Gasteiger partial charge in [0, 0.05) is 12.8 Å². The van der Waals surface area contributed by atoms with Gasteiger partial charge < -0.3 is 32.5 Å².